The molecule has 0 saturated carbocycles. The quantitative estimate of drug-likeness (QED) is 0.0169. The minimum absolute atomic E-state index is 0.0932. The molecule has 0 rings (SSSR count). The van der Waals surface area contributed by atoms with Gasteiger partial charge in [0.25, 0.3) is 0 Å². The number of phosphoric ester groups is 2. The summed E-state index contributed by atoms with van der Waals surface area (Å²) in [7, 11) is -9.92. The van der Waals surface area contributed by atoms with Crippen molar-refractivity contribution in [3.63, 3.8) is 0 Å². The van der Waals surface area contributed by atoms with Crippen molar-refractivity contribution in [3.8, 4) is 0 Å². The highest BCUT2D eigenvalue weighted by Crippen LogP contribution is 2.45. The molecule has 0 heterocycles. The van der Waals surface area contributed by atoms with E-state index in [1.54, 1.807) is 0 Å². The average Bonchev–Trinajstić information content (AvgIpc) is 1.66. The fourth-order valence-corrected chi connectivity index (χ4v) is 12.6. The van der Waals surface area contributed by atoms with Crippen molar-refractivity contribution in [3.05, 3.63) is 24.3 Å². The molecule has 0 saturated heterocycles. The third kappa shape index (κ3) is 68.1. The summed E-state index contributed by atoms with van der Waals surface area (Å²) in [6, 6.07) is 0. The highest BCUT2D eigenvalue weighted by atomic mass is 31.2. The number of ether oxygens (including phenoxy) is 4. The van der Waals surface area contributed by atoms with E-state index in [0.29, 0.717) is 25.7 Å². The number of unbranched alkanes of at least 4 members (excludes halogenated alkanes) is 44. The van der Waals surface area contributed by atoms with Crippen molar-refractivity contribution >= 4 is 39.5 Å². The topological polar surface area (TPSA) is 237 Å². The van der Waals surface area contributed by atoms with Crippen LogP contribution >= 0.6 is 15.6 Å². The lowest BCUT2D eigenvalue weighted by atomic mass is 10.0. The number of hydrogen-bond acceptors (Lipinski definition) is 15. The van der Waals surface area contributed by atoms with Gasteiger partial charge in [-0.15, -0.1) is 0 Å². The molecule has 17 nitrogen and oxygen atoms in total. The molecule has 0 aliphatic heterocycles. The predicted molar refractivity (Wildman–Crippen MR) is 381 cm³/mol. The first-order valence-electron chi connectivity index (χ1n) is 38.6. The van der Waals surface area contributed by atoms with E-state index in [9.17, 15) is 43.2 Å². The second kappa shape index (κ2) is 69.0. The smallest absolute Gasteiger partial charge is 0.462 e. The van der Waals surface area contributed by atoms with Crippen LogP contribution in [0.25, 0.3) is 0 Å². The van der Waals surface area contributed by atoms with E-state index in [1.165, 1.54) is 180 Å². The van der Waals surface area contributed by atoms with Gasteiger partial charge in [-0.2, -0.15) is 0 Å². The van der Waals surface area contributed by atoms with Crippen LogP contribution in [-0.4, -0.2) is 96.7 Å². The Labute approximate surface area is 573 Å². The average molecular weight is 1380 g/mol. The van der Waals surface area contributed by atoms with Gasteiger partial charge >= 0.3 is 39.5 Å². The normalized spacial score (nSPS) is 14.1. The molecule has 0 fully saturated rings. The fraction of sp³-hybridized carbons (Fsp3) is 0.893. The molecule has 2 unspecified atom stereocenters. The minimum atomic E-state index is -4.96. The Morgan fingerprint density at radius 3 is 0.745 bits per heavy atom. The molecule has 94 heavy (non-hydrogen) atoms. The maximum atomic E-state index is 13.1. The molecule has 0 aromatic heterocycles. The number of phosphoric acid groups is 2. The summed E-state index contributed by atoms with van der Waals surface area (Å²) >= 11 is 0. The van der Waals surface area contributed by atoms with Gasteiger partial charge in [-0.05, 0) is 77.0 Å². The van der Waals surface area contributed by atoms with Gasteiger partial charge in [0.05, 0.1) is 26.4 Å². The first kappa shape index (κ1) is 91.5. The molecular weight excluding hydrogens is 1230 g/mol. The Balaban J connectivity index is 5.28. The second-order valence-corrected chi connectivity index (χ2v) is 29.2. The van der Waals surface area contributed by atoms with Crippen molar-refractivity contribution in [1.29, 1.82) is 0 Å². The first-order valence-corrected chi connectivity index (χ1v) is 41.6. The van der Waals surface area contributed by atoms with E-state index in [-0.39, 0.29) is 25.7 Å². The number of aliphatic hydroxyl groups is 1. The summed E-state index contributed by atoms with van der Waals surface area (Å²) < 4.78 is 68.5. The Morgan fingerprint density at radius 2 is 0.489 bits per heavy atom. The minimum Gasteiger partial charge on any atom is -0.462 e. The lowest BCUT2D eigenvalue weighted by molar-refractivity contribution is -0.161. The molecule has 0 aromatic carbocycles. The zero-order chi connectivity index (χ0) is 69.0. The van der Waals surface area contributed by atoms with Gasteiger partial charge in [-0.1, -0.05) is 296 Å². The van der Waals surface area contributed by atoms with Gasteiger partial charge in [-0.3, -0.25) is 37.3 Å². The van der Waals surface area contributed by atoms with Crippen molar-refractivity contribution < 1.29 is 80.2 Å². The maximum absolute atomic E-state index is 13.1. The summed E-state index contributed by atoms with van der Waals surface area (Å²) in [5, 5.41) is 10.6. The number of aliphatic hydroxyl groups excluding tert-OH is 1. The van der Waals surface area contributed by atoms with Crippen molar-refractivity contribution in [2.45, 2.75) is 393 Å². The van der Waals surface area contributed by atoms with Crippen LogP contribution in [-0.2, 0) is 65.4 Å². The van der Waals surface area contributed by atoms with E-state index >= 15 is 0 Å². The molecule has 0 bridgehead atoms. The molecular formula is C75H142O17P2. The number of esters is 4. The molecule has 3 N–H and O–H groups in total. The first-order chi connectivity index (χ1) is 45.7. The molecule has 5 atom stereocenters. The molecule has 554 valence electrons. The van der Waals surface area contributed by atoms with E-state index < -0.39 is 97.5 Å². The number of rotatable bonds is 74. The van der Waals surface area contributed by atoms with Crippen LogP contribution in [0, 0.1) is 0 Å². The summed E-state index contributed by atoms with van der Waals surface area (Å²) in [6.07, 6.45) is 61.6. The zero-order valence-corrected chi connectivity index (χ0v) is 62.2. The lowest BCUT2D eigenvalue weighted by Crippen LogP contribution is -2.30. The van der Waals surface area contributed by atoms with Gasteiger partial charge in [0.1, 0.15) is 19.3 Å². The van der Waals surface area contributed by atoms with Crippen LogP contribution < -0.4 is 0 Å². The van der Waals surface area contributed by atoms with E-state index in [2.05, 4.69) is 52.0 Å². The van der Waals surface area contributed by atoms with Gasteiger partial charge in [0, 0.05) is 25.7 Å². The number of hydrogen-bond donors (Lipinski definition) is 3. The van der Waals surface area contributed by atoms with Crippen molar-refractivity contribution in [2.24, 2.45) is 0 Å². The largest absolute Gasteiger partial charge is 0.472 e. The standard InChI is InChI=1S/C75H142O17P2/c1-5-9-13-17-21-25-29-33-34-38-40-44-48-52-56-60-73(78)86-66-71(92-75(80)62-58-54-50-46-42-37-32-28-24-20-16-12-8-4)68-90-94(83,84)88-64-69(76)63-87-93(81,82)89-67-70(91-74(79)61-57-53-49-45-41-36-31-27-23-19-15-11-7-3)65-85-72(77)59-55-51-47-43-39-35-30-26-22-18-14-10-6-2/h27-28,31-32,69-71,76H,5-26,29-30,33-68H2,1-4H3,(H,81,82)(H,83,84)/b31-27-,32-28-/t69-,70+,71+/m0/s1. The molecule has 0 radical (unpaired) electrons. The monoisotopic (exact) mass is 1380 g/mol. The maximum Gasteiger partial charge on any atom is 0.472 e. The SMILES string of the molecule is CCCCCC/C=C\CCCCCCCC(=O)O[C@H](COC(=O)CCCCCCCCCCCCCCC)COP(=O)(O)OC[C@H](O)COP(=O)(O)OC[C@@H](COC(=O)CCCCCCCCCCCCCCCCC)OC(=O)CCCCCCC/C=C\CCCCCC. The predicted octanol–water partition coefficient (Wildman–Crippen LogP) is 21.8. The molecule has 0 spiro atoms. The highest BCUT2D eigenvalue weighted by Gasteiger charge is 2.30. The molecule has 0 aliphatic rings. The van der Waals surface area contributed by atoms with Crippen LogP contribution in [0.15, 0.2) is 24.3 Å². The van der Waals surface area contributed by atoms with Gasteiger partial charge < -0.3 is 33.8 Å². The lowest BCUT2D eigenvalue weighted by Gasteiger charge is -2.21. The third-order valence-electron chi connectivity index (χ3n) is 16.9. The summed E-state index contributed by atoms with van der Waals surface area (Å²) in [5.74, 6) is -2.15. The Morgan fingerprint density at radius 1 is 0.287 bits per heavy atom. The van der Waals surface area contributed by atoms with E-state index in [0.717, 1.165) is 116 Å². The van der Waals surface area contributed by atoms with Gasteiger partial charge in [0.15, 0.2) is 12.2 Å². The third-order valence-corrected chi connectivity index (χ3v) is 18.8. The number of carbonyl (C=O) groups is 4. The van der Waals surface area contributed by atoms with Crippen LogP contribution in [0.3, 0.4) is 0 Å². The Hall–Kier alpha value is -2.46. The molecule has 19 heteroatoms. The van der Waals surface area contributed by atoms with Crippen LogP contribution in [0.1, 0.15) is 374 Å². The summed E-state index contributed by atoms with van der Waals surface area (Å²) in [6.45, 7) is 4.91. The van der Waals surface area contributed by atoms with E-state index in [4.69, 9.17) is 37.0 Å². The number of carbonyl (C=O) groups excluding carboxylic acids is 4. The highest BCUT2D eigenvalue weighted by molar-refractivity contribution is 7.47. The zero-order valence-electron chi connectivity index (χ0n) is 60.4. The molecule has 0 amide bonds. The molecule has 0 aliphatic carbocycles. The van der Waals surface area contributed by atoms with Crippen molar-refractivity contribution in [2.75, 3.05) is 39.6 Å². The van der Waals surface area contributed by atoms with Crippen LogP contribution in [0.5, 0.6) is 0 Å². The van der Waals surface area contributed by atoms with Gasteiger partial charge in [0.2, 0.25) is 0 Å². The fourth-order valence-electron chi connectivity index (χ4n) is 11.0. The van der Waals surface area contributed by atoms with Crippen molar-refractivity contribution in [1.82, 2.24) is 0 Å². The molecule has 0 aromatic rings. The van der Waals surface area contributed by atoms with Crippen LogP contribution in [0.4, 0.5) is 0 Å². The Kier molecular flexibility index (Phi) is 67.2. The van der Waals surface area contributed by atoms with Crippen LogP contribution in [0.2, 0.25) is 0 Å². The van der Waals surface area contributed by atoms with E-state index in [1.807, 2.05) is 0 Å². The second-order valence-electron chi connectivity index (χ2n) is 26.3. The summed E-state index contributed by atoms with van der Waals surface area (Å²) in [5.41, 5.74) is 0. The van der Waals surface area contributed by atoms with Gasteiger partial charge in [-0.25, -0.2) is 9.13 Å². The summed E-state index contributed by atoms with van der Waals surface area (Å²) in [4.78, 5) is 72.8. The Bertz CT molecular complexity index is 1880. The number of allylic oxidation sites excluding steroid dienone is 4.